The molecule has 0 bridgehead atoms. The van der Waals surface area contributed by atoms with Crippen molar-refractivity contribution in [1.82, 2.24) is 0 Å². The maximum absolute atomic E-state index is 9.60. The molecule has 1 atom stereocenters. The van der Waals surface area contributed by atoms with E-state index in [9.17, 15) is 4.79 Å². The van der Waals surface area contributed by atoms with Crippen molar-refractivity contribution >= 4 is 5.97 Å². The Morgan fingerprint density at radius 3 is 1.72 bits per heavy atom. The van der Waals surface area contributed by atoms with Crippen molar-refractivity contribution in [2.45, 2.75) is 20.0 Å². The van der Waals surface area contributed by atoms with E-state index in [1.54, 1.807) is 12.2 Å². The van der Waals surface area contributed by atoms with Gasteiger partial charge in [-0.2, -0.15) is 0 Å². The second-order valence-corrected chi connectivity index (χ2v) is 3.23. The Labute approximate surface area is 109 Å². The molecule has 1 unspecified atom stereocenters. The summed E-state index contributed by atoms with van der Waals surface area (Å²) in [6.45, 7) is 14.2. The van der Waals surface area contributed by atoms with Crippen LogP contribution in [0.2, 0.25) is 0 Å². The van der Waals surface area contributed by atoms with Crippen molar-refractivity contribution in [2.75, 3.05) is 19.8 Å². The smallest absolute Gasteiger partial charge is 0.330 e. The van der Waals surface area contributed by atoms with E-state index in [1.165, 1.54) is 13.8 Å². The maximum atomic E-state index is 9.60. The summed E-state index contributed by atoms with van der Waals surface area (Å²) >= 11 is 0. The summed E-state index contributed by atoms with van der Waals surface area (Å²) in [5, 5.41) is 23.9. The van der Waals surface area contributed by atoms with E-state index >= 15 is 0 Å². The van der Waals surface area contributed by atoms with E-state index in [0.717, 1.165) is 0 Å². The van der Waals surface area contributed by atoms with E-state index in [-0.39, 0.29) is 12.2 Å². The lowest BCUT2D eigenvalue weighted by Gasteiger charge is -1.90. The standard InChI is InChI=1S/C6H10O.C4H6O2.C3H8O2/c1-3-5-7-6-4-2;1-3(2)4(5)6;1-3(5)2-4/h3-4H,1-2,5-6H2;1H2,2H3,(H,5,6);3-5H,2H2,1H3. The molecular weight excluding hydrogens is 236 g/mol. The summed E-state index contributed by atoms with van der Waals surface area (Å²) in [6, 6.07) is 0. The van der Waals surface area contributed by atoms with Gasteiger partial charge in [0, 0.05) is 5.57 Å². The Morgan fingerprint density at radius 2 is 1.61 bits per heavy atom. The predicted octanol–water partition coefficient (Wildman–Crippen LogP) is 1.38. The highest BCUT2D eigenvalue weighted by atomic mass is 16.5. The van der Waals surface area contributed by atoms with Crippen LogP contribution in [0, 0.1) is 0 Å². The van der Waals surface area contributed by atoms with Crippen LogP contribution < -0.4 is 0 Å². The Kier molecular flexibility index (Phi) is 21.8. The van der Waals surface area contributed by atoms with Crippen LogP contribution in [-0.4, -0.2) is 47.2 Å². The molecule has 0 aromatic rings. The number of carboxylic acid groups (broad SMARTS) is 1. The van der Waals surface area contributed by atoms with Crippen LogP contribution in [0.4, 0.5) is 0 Å². The Hall–Kier alpha value is -1.43. The number of hydrogen-bond donors (Lipinski definition) is 3. The van der Waals surface area contributed by atoms with Gasteiger partial charge in [0.15, 0.2) is 0 Å². The van der Waals surface area contributed by atoms with Gasteiger partial charge < -0.3 is 20.1 Å². The third kappa shape index (κ3) is 36.5. The largest absolute Gasteiger partial charge is 0.478 e. The zero-order valence-electron chi connectivity index (χ0n) is 11.1. The normalized spacial score (nSPS) is 9.78. The first-order valence-electron chi connectivity index (χ1n) is 5.30. The first-order valence-corrected chi connectivity index (χ1v) is 5.30. The molecule has 0 aliphatic rings. The van der Waals surface area contributed by atoms with Gasteiger partial charge in [-0.1, -0.05) is 18.7 Å². The van der Waals surface area contributed by atoms with Crippen LogP contribution in [0.1, 0.15) is 13.8 Å². The zero-order chi connectivity index (χ0) is 15.0. The second-order valence-electron chi connectivity index (χ2n) is 3.23. The summed E-state index contributed by atoms with van der Waals surface area (Å²) in [6.07, 6.45) is 2.86. The number of aliphatic hydroxyl groups is 2. The van der Waals surface area contributed by atoms with Crippen LogP contribution in [0.5, 0.6) is 0 Å². The molecule has 0 heterocycles. The van der Waals surface area contributed by atoms with Gasteiger partial charge in [0.1, 0.15) is 0 Å². The Bertz CT molecular complexity index is 214. The van der Waals surface area contributed by atoms with Gasteiger partial charge in [-0.05, 0) is 13.8 Å². The molecule has 0 aliphatic carbocycles. The highest BCUT2D eigenvalue weighted by Crippen LogP contribution is 1.81. The number of ether oxygens (including phenoxy) is 1. The molecule has 0 aromatic carbocycles. The van der Waals surface area contributed by atoms with Crippen molar-refractivity contribution in [3.05, 3.63) is 37.5 Å². The zero-order valence-corrected chi connectivity index (χ0v) is 11.1. The van der Waals surface area contributed by atoms with Gasteiger partial charge in [0.25, 0.3) is 0 Å². The first kappa shape index (κ1) is 21.8. The minimum absolute atomic E-state index is 0.139. The van der Waals surface area contributed by atoms with Gasteiger partial charge in [0.2, 0.25) is 0 Å². The lowest BCUT2D eigenvalue weighted by Crippen LogP contribution is -2.03. The number of carbonyl (C=O) groups is 1. The summed E-state index contributed by atoms with van der Waals surface area (Å²) in [5.74, 6) is -0.935. The molecule has 0 saturated heterocycles. The number of aliphatic hydroxyl groups excluding tert-OH is 2. The molecular formula is C13H24O5. The Morgan fingerprint density at radius 1 is 1.33 bits per heavy atom. The molecule has 0 spiro atoms. The van der Waals surface area contributed by atoms with Crippen LogP contribution in [0.25, 0.3) is 0 Å². The molecule has 3 N–H and O–H groups in total. The number of rotatable bonds is 6. The van der Waals surface area contributed by atoms with Gasteiger partial charge in [-0.15, -0.1) is 13.2 Å². The van der Waals surface area contributed by atoms with E-state index in [1.807, 2.05) is 0 Å². The van der Waals surface area contributed by atoms with E-state index in [0.29, 0.717) is 13.2 Å². The Balaban J connectivity index is -0.000000190. The van der Waals surface area contributed by atoms with Gasteiger partial charge in [-0.3, -0.25) is 0 Å². The molecule has 106 valence electrons. The van der Waals surface area contributed by atoms with Crippen molar-refractivity contribution in [1.29, 1.82) is 0 Å². The van der Waals surface area contributed by atoms with Crippen molar-refractivity contribution in [3.63, 3.8) is 0 Å². The summed E-state index contributed by atoms with van der Waals surface area (Å²) in [5.41, 5.74) is 0.176. The van der Waals surface area contributed by atoms with Crippen molar-refractivity contribution in [2.24, 2.45) is 0 Å². The topological polar surface area (TPSA) is 87.0 Å². The number of hydrogen-bond acceptors (Lipinski definition) is 4. The fourth-order valence-electron chi connectivity index (χ4n) is 0.235. The van der Waals surface area contributed by atoms with Gasteiger partial charge in [-0.25, -0.2) is 4.79 Å². The molecule has 0 fully saturated rings. The second kappa shape index (κ2) is 17.9. The molecule has 0 aromatic heterocycles. The molecule has 18 heavy (non-hydrogen) atoms. The third-order valence-corrected chi connectivity index (χ3v) is 1.10. The number of carboxylic acids is 1. The van der Waals surface area contributed by atoms with Crippen molar-refractivity contribution in [3.8, 4) is 0 Å². The quantitative estimate of drug-likeness (QED) is 0.381. The molecule has 5 heteroatoms. The molecule has 0 radical (unpaired) electrons. The molecule has 0 saturated carbocycles. The van der Waals surface area contributed by atoms with E-state index in [4.69, 9.17) is 20.1 Å². The fourth-order valence-corrected chi connectivity index (χ4v) is 0.235. The SMILES string of the molecule is C=C(C)C(=O)O.C=CCOCC=C.CC(O)CO. The van der Waals surface area contributed by atoms with Gasteiger partial charge >= 0.3 is 5.97 Å². The molecule has 0 aliphatic heterocycles. The minimum Gasteiger partial charge on any atom is -0.478 e. The highest BCUT2D eigenvalue weighted by molar-refractivity contribution is 5.84. The third-order valence-electron chi connectivity index (χ3n) is 1.10. The number of aliphatic carboxylic acids is 1. The van der Waals surface area contributed by atoms with Crippen LogP contribution in [-0.2, 0) is 9.53 Å². The average molecular weight is 260 g/mol. The van der Waals surface area contributed by atoms with E-state index in [2.05, 4.69) is 19.7 Å². The minimum atomic E-state index is -0.935. The first-order chi connectivity index (χ1) is 8.33. The van der Waals surface area contributed by atoms with Crippen LogP contribution in [0.15, 0.2) is 37.5 Å². The monoisotopic (exact) mass is 260 g/mol. The molecule has 0 amide bonds. The lowest BCUT2D eigenvalue weighted by atomic mass is 10.4. The van der Waals surface area contributed by atoms with Crippen molar-refractivity contribution < 1.29 is 24.9 Å². The van der Waals surface area contributed by atoms with E-state index < -0.39 is 12.1 Å². The fraction of sp³-hybridized carbons (Fsp3) is 0.462. The summed E-state index contributed by atoms with van der Waals surface area (Å²) in [7, 11) is 0. The predicted molar refractivity (Wildman–Crippen MR) is 72.4 cm³/mol. The highest BCUT2D eigenvalue weighted by Gasteiger charge is 1.90. The summed E-state index contributed by atoms with van der Waals surface area (Å²) in [4.78, 5) is 9.60. The lowest BCUT2D eigenvalue weighted by molar-refractivity contribution is -0.132. The molecule has 0 rings (SSSR count). The van der Waals surface area contributed by atoms with Crippen LogP contribution >= 0.6 is 0 Å². The van der Waals surface area contributed by atoms with Gasteiger partial charge in [0.05, 0.1) is 25.9 Å². The summed E-state index contributed by atoms with van der Waals surface area (Å²) < 4.78 is 4.90. The van der Waals surface area contributed by atoms with Crippen LogP contribution in [0.3, 0.4) is 0 Å². The average Bonchev–Trinajstić information content (AvgIpc) is 2.31. The maximum Gasteiger partial charge on any atom is 0.330 e. The molecule has 5 nitrogen and oxygen atoms in total.